The lowest BCUT2D eigenvalue weighted by molar-refractivity contribution is -0.104. The van der Waals surface area contributed by atoms with E-state index in [1.807, 2.05) is 6.92 Å². The number of β-amino-alcohol motifs (C(OH)–C–C–N with tert-alkyl or cyclic N) is 1. The summed E-state index contributed by atoms with van der Waals surface area (Å²) in [5, 5.41) is 27.9. The summed E-state index contributed by atoms with van der Waals surface area (Å²) in [7, 11) is 0. The molecule has 0 spiro atoms. The van der Waals surface area contributed by atoms with Gasteiger partial charge in [-0.1, -0.05) is 6.08 Å². The summed E-state index contributed by atoms with van der Waals surface area (Å²) in [5.41, 5.74) is 3.23. The Morgan fingerprint density at radius 2 is 2.00 bits per heavy atom. The van der Waals surface area contributed by atoms with Gasteiger partial charge in [-0.25, -0.2) is 0 Å². The summed E-state index contributed by atoms with van der Waals surface area (Å²) in [5.74, 6) is 0.625. The molecule has 2 fully saturated rings. The second-order valence-corrected chi connectivity index (χ2v) is 8.18. The summed E-state index contributed by atoms with van der Waals surface area (Å²) in [6, 6.07) is 0. The molecule has 0 radical (unpaired) electrons. The molecule has 0 saturated carbocycles. The molecule has 0 bridgehead atoms. The van der Waals surface area contributed by atoms with Crippen molar-refractivity contribution in [3.63, 3.8) is 0 Å². The molecule has 5 nitrogen and oxygen atoms in total. The van der Waals surface area contributed by atoms with E-state index in [9.17, 15) is 10.2 Å². The first-order valence-corrected chi connectivity index (χ1v) is 10.1. The van der Waals surface area contributed by atoms with Crippen molar-refractivity contribution < 1.29 is 10.2 Å². The molecule has 3 aliphatic heterocycles. The van der Waals surface area contributed by atoms with E-state index < -0.39 is 11.7 Å². The van der Waals surface area contributed by atoms with E-state index in [0.717, 1.165) is 45.4 Å². The molecule has 0 aromatic rings. The summed E-state index contributed by atoms with van der Waals surface area (Å²) < 4.78 is 0. The number of nitrogens with one attached hydrogen (secondary N) is 2. The second kappa shape index (κ2) is 8.70. The highest BCUT2D eigenvalue weighted by molar-refractivity contribution is 5.33. The molecule has 5 heteroatoms. The normalized spacial score (nSPS) is 26.7. The number of rotatable bonds is 5. The Morgan fingerprint density at radius 1 is 1.31 bits per heavy atom. The van der Waals surface area contributed by atoms with Crippen molar-refractivity contribution in [2.75, 3.05) is 32.7 Å². The van der Waals surface area contributed by atoms with Crippen molar-refractivity contribution in [3.8, 4) is 0 Å². The van der Waals surface area contributed by atoms with E-state index in [1.165, 1.54) is 16.8 Å². The molecule has 26 heavy (non-hydrogen) atoms. The number of hydrogen-bond acceptors (Lipinski definition) is 5. The molecule has 1 unspecified atom stereocenters. The lowest BCUT2D eigenvalue weighted by Crippen LogP contribution is -2.54. The average molecular weight is 362 g/mol. The Kier molecular flexibility index (Phi) is 6.56. The van der Waals surface area contributed by atoms with Gasteiger partial charge in [0.2, 0.25) is 0 Å². The molecule has 4 N–H and O–H groups in total. The van der Waals surface area contributed by atoms with Crippen molar-refractivity contribution in [2.45, 2.75) is 57.7 Å². The summed E-state index contributed by atoms with van der Waals surface area (Å²) in [6.45, 7) is 8.42. The van der Waals surface area contributed by atoms with Crippen LogP contribution in [0, 0.1) is 5.92 Å². The Labute approximate surface area is 157 Å². The number of allylic oxidation sites excluding steroid dienone is 4. The third kappa shape index (κ3) is 4.58. The predicted octanol–water partition coefficient (Wildman–Crippen LogP) is 1.90. The van der Waals surface area contributed by atoms with Crippen molar-refractivity contribution >= 4 is 0 Å². The fraction of sp³-hybridized carbons (Fsp3) is 0.714. The van der Waals surface area contributed by atoms with E-state index in [1.54, 1.807) is 0 Å². The molecule has 0 aliphatic carbocycles. The maximum absolute atomic E-state index is 10.7. The monoisotopic (exact) mass is 361 g/mol. The zero-order chi connectivity index (χ0) is 18.6. The van der Waals surface area contributed by atoms with Crippen molar-refractivity contribution in [3.05, 3.63) is 35.2 Å². The smallest absolute Gasteiger partial charge is 0.0954 e. The average Bonchev–Trinajstić information content (AvgIpc) is 2.65. The zero-order valence-electron chi connectivity index (χ0n) is 16.3. The molecule has 3 aliphatic rings. The van der Waals surface area contributed by atoms with Gasteiger partial charge in [0, 0.05) is 18.4 Å². The SMILES string of the molecule is C/C=C\C1=C(C)CC(C2CCN(CC(O)C3(O)CCNCC3)CC2)=CN1. The highest BCUT2D eigenvalue weighted by Crippen LogP contribution is 2.32. The van der Waals surface area contributed by atoms with E-state index in [0.29, 0.717) is 25.3 Å². The molecule has 3 heterocycles. The third-order valence-electron chi connectivity index (χ3n) is 6.31. The molecule has 2 saturated heterocycles. The molecule has 0 aromatic heterocycles. The molecule has 0 amide bonds. The first-order chi connectivity index (χ1) is 12.5. The lowest BCUT2D eigenvalue weighted by Gasteiger charge is -2.41. The van der Waals surface area contributed by atoms with E-state index in [-0.39, 0.29) is 0 Å². The van der Waals surface area contributed by atoms with Crippen LogP contribution in [0.2, 0.25) is 0 Å². The van der Waals surface area contributed by atoms with Crippen LogP contribution in [0.5, 0.6) is 0 Å². The minimum absolute atomic E-state index is 0.588. The minimum Gasteiger partial charge on any atom is -0.389 e. The van der Waals surface area contributed by atoms with Gasteiger partial charge in [0.05, 0.1) is 11.7 Å². The second-order valence-electron chi connectivity index (χ2n) is 8.18. The minimum atomic E-state index is -0.914. The van der Waals surface area contributed by atoms with Crippen LogP contribution in [-0.2, 0) is 0 Å². The number of aliphatic hydroxyl groups is 2. The van der Waals surface area contributed by atoms with Crippen LogP contribution < -0.4 is 10.6 Å². The molecular weight excluding hydrogens is 326 g/mol. The first-order valence-electron chi connectivity index (χ1n) is 10.1. The zero-order valence-corrected chi connectivity index (χ0v) is 16.3. The highest BCUT2D eigenvalue weighted by Gasteiger charge is 2.38. The van der Waals surface area contributed by atoms with Crippen LogP contribution in [0.3, 0.4) is 0 Å². The Bertz CT molecular complexity index is 568. The van der Waals surface area contributed by atoms with Crippen LogP contribution in [0.1, 0.15) is 46.0 Å². The highest BCUT2D eigenvalue weighted by atomic mass is 16.3. The van der Waals surface area contributed by atoms with Gasteiger partial charge >= 0.3 is 0 Å². The Morgan fingerprint density at radius 3 is 2.62 bits per heavy atom. The van der Waals surface area contributed by atoms with Crippen molar-refractivity contribution in [2.24, 2.45) is 5.92 Å². The number of piperidine rings is 2. The quantitative estimate of drug-likeness (QED) is 0.602. The molecule has 146 valence electrons. The van der Waals surface area contributed by atoms with Crippen molar-refractivity contribution in [1.82, 2.24) is 15.5 Å². The number of aliphatic hydroxyl groups excluding tert-OH is 1. The van der Waals surface area contributed by atoms with Crippen LogP contribution in [-0.4, -0.2) is 59.5 Å². The maximum Gasteiger partial charge on any atom is 0.0954 e. The van der Waals surface area contributed by atoms with Gasteiger partial charge in [-0.2, -0.15) is 0 Å². The topological polar surface area (TPSA) is 67.8 Å². The largest absolute Gasteiger partial charge is 0.389 e. The van der Waals surface area contributed by atoms with E-state index in [2.05, 4.69) is 40.8 Å². The van der Waals surface area contributed by atoms with Crippen molar-refractivity contribution in [1.29, 1.82) is 0 Å². The van der Waals surface area contributed by atoms with E-state index >= 15 is 0 Å². The molecular formula is C21H35N3O2. The van der Waals surface area contributed by atoms with Crippen LogP contribution in [0.15, 0.2) is 35.2 Å². The summed E-state index contributed by atoms with van der Waals surface area (Å²) >= 11 is 0. The summed E-state index contributed by atoms with van der Waals surface area (Å²) in [4.78, 5) is 2.33. The Balaban J connectivity index is 1.47. The number of likely N-dealkylation sites (tertiary alicyclic amines) is 1. The van der Waals surface area contributed by atoms with Gasteiger partial charge < -0.3 is 25.7 Å². The van der Waals surface area contributed by atoms with Gasteiger partial charge in [-0.15, -0.1) is 0 Å². The van der Waals surface area contributed by atoms with E-state index in [4.69, 9.17) is 0 Å². The lowest BCUT2D eigenvalue weighted by atomic mass is 9.83. The first kappa shape index (κ1) is 19.6. The standard InChI is InChI=1S/C21H35N3O2/c1-3-4-19-16(2)13-18(14-23-19)17-5-11-24(12-6-17)15-20(25)21(26)7-9-22-10-8-21/h3-4,14,17,20,22-23,25-26H,5-13,15H2,1-2H3/b4-3-. The molecule has 1 atom stereocenters. The van der Waals surface area contributed by atoms with Gasteiger partial charge in [0.15, 0.2) is 0 Å². The fourth-order valence-electron chi connectivity index (χ4n) is 4.46. The summed E-state index contributed by atoms with van der Waals surface area (Å²) in [6.07, 6.45) is 10.4. The number of hydrogen-bond donors (Lipinski definition) is 4. The van der Waals surface area contributed by atoms with Crippen LogP contribution >= 0.6 is 0 Å². The maximum atomic E-state index is 10.7. The third-order valence-corrected chi connectivity index (χ3v) is 6.31. The van der Waals surface area contributed by atoms with Crippen LogP contribution in [0.25, 0.3) is 0 Å². The number of nitrogens with zero attached hydrogens (tertiary/aromatic N) is 1. The van der Waals surface area contributed by atoms with Gasteiger partial charge in [0.1, 0.15) is 0 Å². The van der Waals surface area contributed by atoms with Gasteiger partial charge in [-0.05, 0) is 95.3 Å². The fourth-order valence-corrected chi connectivity index (χ4v) is 4.46. The number of dihydropyridines is 1. The van der Waals surface area contributed by atoms with Gasteiger partial charge in [0.25, 0.3) is 0 Å². The van der Waals surface area contributed by atoms with Crippen LogP contribution in [0.4, 0.5) is 0 Å². The molecule has 0 aromatic carbocycles. The predicted molar refractivity (Wildman–Crippen MR) is 106 cm³/mol. The van der Waals surface area contributed by atoms with Gasteiger partial charge in [-0.3, -0.25) is 0 Å². The molecule has 3 rings (SSSR count). The Hall–Kier alpha value is -1.14.